The van der Waals surface area contributed by atoms with Gasteiger partial charge in [-0.05, 0) is 43.0 Å². The SMILES string of the molecule is COc1cc2c(c(OC)c1OC)-c1c(cc3c(c1OC)OCO3)CCC(C)(OC(=O)C(C)C)C2. The number of benzene rings is 2. The minimum atomic E-state index is -0.748. The van der Waals surface area contributed by atoms with Crippen LogP contribution in [0.2, 0.25) is 0 Å². The van der Waals surface area contributed by atoms with Crippen LogP contribution in [0.1, 0.15) is 38.3 Å². The monoisotopic (exact) mass is 472 g/mol. The normalized spacial score (nSPS) is 18.4. The third kappa shape index (κ3) is 3.95. The Morgan fingerprint density at radius 3 is 2.21 bits per heavy atom. The predicted octanol–water partition coefficient (Wildman–Crippen LogP) is 4.56. The fourth-order valence-electron chi connectivity index (χ4n) is 4.69. The van der Waals surface area contributed by atoms with Crippen LogP contribution in [0, 0.1) is 5.92 Å². The van der Waals surface area contributed by atoms with E-state index in [0.717, 1.165) is 22.3 Å². The summed E-state index contributed by atoms with van der Waals surface area (Å²) >= 11 is 0. The summed E-state index contributed by atoms with van der Waals surface area (Å²) in [4.78, 5) is 12.6. The summed E-state index contributed by atoms with van der Waals surface area (Å²) in [5, 5.41) is 0. The summed E-state index contributed by atoms with van der Waals surface area (Å²) in [7, 11) is 6.35. The van der Waals surface area contributed by atoms with Crippen molar-refractivity contribution in [2.75, 3.05) is 35.2 Å². The Labute approximate surface area is 200 Å². The number of rotatable bonds is 6. The van der Waals surface area contributed by atoms with Crippen LogP contribution in [-0.2, 0) is 22.4 Å². The summed E-state index contributed by atoms with van der Waals surface area (Å²) < 4.78 is 40.6. The molecule has 8 heteroatoms. The number of ether oxygens (including phenoxy) is 7. The molecule has 0 saturated heterocycles. The van der Waals surface area contributed by atoms with Crippen molar-refractivity contribution in [1.82, 2.24) is 0 Å². The van der Waals surface area contributed by atoms with Crippen molar-refractivity contribution in [3.05, 3.63) is 23.3 Å². The summed E-state index contributed by atoms with van der Waals surface area (Å²) in [6.45, 7) is 5.75. The molecule has 2 aromatic carbocycles. The average Bonchev–Trinajstić information content (AvgIpc) is 3.28. The van der Waals surface area contributed by atoms with E-state index in [0.29, 0.717) is 53.8 Å². The molecule has 34 heavy (non-hydrogen) atoms. The van der Waals surface area contributed by atoms with Gasteiger partial charge in [-0.1, -0.05) is 13.8 Å². The van der Waals surface area contributed by atoms with E-state index in [1.807, 2.05) is 32.9 Å². The largest absolute Gasteiger partial charge is 0.493 e. The molecule has 0 bridgehead atoms. The van der Waals surface area contributed by atoms with E-state index in [9.17, 15) is 4.79 Å². The average molecular weight is 473 g/mol. The molecule has 0 aromatic heterocycles. The fraction of sp³-hybridized carbons (Fsp3) is 0.500. The van der Waals surface area contributed by atoms with Gasteiger partial charge < -0.3 is 33.2 Å². The Morgan fingerprint density at radius 1 is 0.912 bits per heavy atom. The molecular weight excluding hydrogens is 440 g/mol. The van der Waals surface area contributed by atoms with Crippen LogP contribution in [0.5, 0.6) is 34.5 Å². The maximum absolute atomic E-state index is 12.6. The van der Waals surface area contributed by atoms with E-state index in [1.54, 1.807) is 28.4 Å². The second-order valence-corrected chi connectivity index (χ2v) is 9.06. The number of esters is 1. The minimum Gasteiger partial charge on any atom is -0.493 e. The number of fused-ring (bicyclic) bond motifs is 4. The molecule has 4 rings (SSSR count). The number of hydrogen-bond donors (Lipinski definition) is 0. The number of methoxy groups -OCH3 is 4. The zero-order valence-electron chi connectivity index (χ0n) is 20.8. The highest BCUT2D eigenvalue weighted by Gasteiger charge is 2.38. The van der Waals surface area contributed by atoms with E-state index < -0.39 is 5.60 Å². The third-order valence-corrected chi connectivity index (χ3v) is 6.37. The van der Waals surface area contributed by atoms with Crippen LogP contribution >= 0.6 is 0 Å². The molecule has 1 heterocycles. The third-order valence-electron chi connectivity index (χ3n) is 6.37. The van der Waals surface area contributed by atoms with E-state index >= 15 is 0 Å². The van der Waals surface area contributed by atoms with E-state index in [2.05, 4.69) is 0 Å². The van der Waals surface area contributed by atoms with Crippen LogP contribution in [0.25, 0.3) is 11.1 Å². The number of hydrogen-bond acceptors (Lipinski definition) is 8. The van der Waals surface area contributed by atoms with E-state index in [1.165, 1.54) is 0 Å². The van der Waals surface area contributed by atoms with Crippen LogP contribution in [0.4, 0.5) is 0 Å². The molecule has 1 aliphatic heterocycles. The lowest BCUT2D eigenvalue weighted by Crippen LogP contribution is -2.37. The van der Waals surface area contributed by atoms with Gasteiger partial charge >= 0.3 is 5.97 Å². The zero-order valence-corrected chi connectivity index (χ0v) is 20.8. The van der Waals surface area contributed by atoms with Gasteiger partial charge in [0.05, 0.1) is 34.4 Å². The van der Waals surface area contributed by atoms with E-state index in [4.69, 9.17) is 33.2 Å². The van der Waals surface area contributed by atoms with Gasteiger partial charge in [0.25, 0.3) is 0 Å². The molecule has 1 atom stereocenters. The summed E-state index contributed by atoms with van der Waals surface area (Å²) in [6, 6.07) is 3.88. The van der Waals surface area contributed by atoms with E-state index in [-0.39, 0.29) is 18.7 Å². The first-order valence-corrected chi connectivity index (χ1v) is 11.3. The first kappa shape index (κ1) is 23.9. The summed E-state index contributed by atoms with van der Waals surface area (Å²) in [5.41, 5.74) is 2.74. The highest BCUT2D eigenvalue weighted by Crippen LogP contribution is 2.56. The highest BCUT2D eigenvalue weighted by molar-refractivity contribution is 5.88. The van der Waals surface area contributed by atoms with Crippen molar-refractivity contribution in [3.8, 4) is 45.6 Å². The lowest BCUT2D eigenvalue weighted by Gasteiger charge is -2.35. The van der Waals surface area contributed by atoms with Crippen LogP contribution in [-0.4, -0.2) is 46.8 Å². The van der Waals surface area contributed by atoms with Gasteiger partial charge in [0.1, 0.15) is 5.60 Å². The number of aryl methyl sites for hydroxylation is 1. The first-order valence-electron chi connectivity index (χ1n) is 11.3. The maximum Gasteiger partial charge on any atom is 0.308 e. The van der Waals surface area contributed by atoms with Crippen molar-refractivity contribution < 1.29 is 38.0 Å². The van der Waals surface area contributed by atoms with Crippen molar-refractivity contribution in [1.29, 1.82) is 0 Å². The molecule has 184 valence electrons. The molecular formula is C26H32O8. The zero-order chi connectivity index (χ0) is 24.6. The topological polar surface area (TPSA) is 81.7 Å². The molecule has 0 N–H and O–H groups in total. The molecule has 2 aromatic rings. The molecule has 0 amide bonds. The Hall–Kier alpha value is -3.29. The van der Waals surface area contributed by atoms with Crippen molar-refractivity contribution in [2.24, 2.45) is 5.92 Å². The molecule has 0 radical (unpaired) electrons. The molecule has 1 aliphatic carbocycles. The quantitative estimate of drug-likeness (QED) is 0.566. The fourth-order valence-corrected chi connectivity index (χ4v) is 4.69. The van der Waals surface area contributed by atoms with Crippen molar-refractivity contribution in [3.63, 3.8) is 0 Å². The van der Waals surface area contributed by atoms with Gasteiger partial charge in [-0.15, -0.1) is 0 Å². The van der Waals surface area contributed by atoms with Crippen molar-refractivity contribution in [2.45, 2.75) is 45.6 Å². The summed E-state index contributed by atoms with van der Waals surface area (Å²) in [5.74, 6) is 2.78. The van der Waals surface area contributed by atoms with Gasteiger partial charge in [-0.25, -0.2) is 0 Å². The maximum atomic E-state index is 12.6. The van der Waals surface area contributed by atoms with Gasteiger partial charge in [-0.2, -0.15) is 0 Å². The molecule has 2 aliphatic rings. The number of carbonyl (C=O) groups is 1. The Balaban J connectivity index is 2.03. The molecule has 0 fully saturated rings. The first-order chi connectivity index (χ1) is 16.3. The lowest BCUT2D eigenvalue weighted by atomic mass is 9.80. The molecule has 8 nitrogen and oxygen atoms in total. The second kappa shape index (κ2) is 9.16. The minimum absolute atomic E-state index is 0.119. The van der Waals surface area contributed by atoms with Gasteiger partial charge in [0.15, 0.2) is 23.0 Å². The Bertz CT molecular complexity index is 1110. The highest BCUT2D eigenvalue weighted by atomic mass is 16.7. The van der Waals surface area contributed by atoms with Crippen LogP contribution in [0.15, 0.2) is 12.1 Å². The standard InChI is InChI=1S/C26H32O8/c1-14(2)25(27)34-26(3)9-8-15-10-18-22(33-13-32-18)24(31-7)19(15)20-16(12-26)11-17(28-4)21(29-5)23(20)30-6/h10-11,14H,8-9,12-13H2,1-7H3. The molecule has 0 saturated carbocycles. The van der Waals surface area contributed by atoms with Crippen LogP contribution in [0.3, 0.4) is 0 Å². The van der Waals surface area contributed by atoms with Gasteiger partial charge in [0, 0.05) is 17.5 Å². The van der Waals surface area contributed by atoms with Crippen molar-refractivity contribution >= 4 is 5.97 Å². The Kier molecular flexibility index (Phi) is 6.43. The smallest absolute Gasteiger partial charge is 0.308 e. The second-order valence-electron chi connectivity index (χ2n) is 9.06. The lowest BCUT2D eigenvalue weighted by molar-refractivity contribution is -0.162. The Morgan fingerprint density at radius 2 is 1.59 bits per heavy atom. The summed E-state index contributed by atoms with van der Waals surface area (Å²) in [6.07, 6.45) is 1.69. The molecule has 1 unspecified atom stereocenters. The van der Waals surface area contributed by atoms with Gasteiger partial charge in [-0.3, -0.25) is 4.79 Å². The van der Waals surface area contributed by atoms with Gasteiger partial charge in [0.2, 0.25) is 18.3 Å². The predicted molar refractivity (Wildman–Crippen MR) is 126 cm³/mol. The number of carbonyl (C=O) groups excluding carboxylic acids is 1. The molecule has 0 spiro atoms. The van der Waals surface area contributed by atoms with Crippen LogP contribution < -0.4 is 28.4 Å².